The topological polar surface area (TPSA) is 67.3 Å². The van der Waals surface area contributed by atoms with E-state index in [1.165, 1.54) is 6.20 Å². The Morgan fingerprint density at radius 2 is 1.86 bits per heavy atom. The molecule has 1 amide bonds. The van der Waals surface area contributed by atoms with Crippen LogP contribution in [0.2, 0.25) is 5.02 Å². The summed E-state index contributed by atoms with van der Waals surface area (Å²) in [6.45, 7) is 2.91. The van der Waals surface area contributed by atoms with Gasteiger partial charge in [0.05, 0.1) is 20.9 Å². The van der Waals surface area contributed by atoms with Crippen molar-refractivity contribution in [1.29, 1.82) is 0 Å². The van der Waals surface area contributed by atoms with Gasteiger partial charge >= 0.3 is 0 Å². The van der Waals surface area contributed by atoms with Gasteiger partial charge in [-0.2, -0.15) is 11.8 Å². The molecule has 1 saturated heterocycles. The van der Waals surface area contributed by atoms with Gasteiger partial charge in [-0.25, -0.2) is 8.42 Å². The molecule has 0 radical (unpaired) electrons. The molecule has 0 bridgehead atoms. The highest BCUT2D eigenvalue weighted by Gasteiger charge is 2.31. The van der Waals surface area contributed by atoms with Crippen molar-refractivity contribution in [3.05, 3.63) is 64.8 Å². The summed E-state index contributed by atoms with van der Waals surface area (Å²) in [7, 11) is -3.98. The fraction of sp³-hybridized carbons (Fsp3) is 0.238. The monoisotopic (exact) mass is 446 g/mol. The van der Waals surface area contributed by atoms with Crippen LogP contribution in [-0.4, -0.2) is 48.8 Å². The van der Waals surface area contributed by atoms with Crippen molar-refractivity contribution in [3.63, 3.8) is 0 Å². The predicted molar refractivity (Wildman–Crippen MR) is 117 cm³/mol. The van der Waals surface area contributed by atoms with Crippen molar-refractivity contribution in [1.82, 2.24) is 9.88 Å². The van der Waals surface area contributed by atoms with Crippen LogP contribution in [0.4, 0.5) is 0 Å². The third-order valence-electron chi connectivity index (χ3n) is 4.96. The summed E-state index contributed by atoms with van der Waals surface area (Å²) in [5.74, 6) is 1.35. The zero-order valence-corrected chi connectivity index (χ0v) is 18.1. The molecule has 2 heterocycles. The molecule has 0 atom stereocenters. The molecule has 1 aliphatic heterocycles. The number of hydrogen-bond donors (Lipinski definition) is 0. The van der Waals surface area contributed by atoms with Crippen LogP contribution in [0.3, 0.4) is 0 Å². The second-order valence-electron chi connectivity index (χ2n) is 6.84. The van der Waals surface area contributed by atoms with E-state index < -0.39 is 9.84 Å². The van der Waals surface area contributed by atoms with Gasteiger partial charge in [0.25, 0.3) is 5.91 Å². The van der Waals surface area contributed by atoms with E-state index >= 15 is 0 Å². The Morgan fingerprint density at radius 3 is 2.59 bits per heavy atom. The fourth-order valence-electron chi connectivity index (χ4n) is 3.49. The number of rotatable bonds is 3. The van der Waals surface area contributed by atoms with E-state index in [0.29, 0.717) is 34.6 Å². The van der Waals surface area contributed by atoms with Gasteiger partial charge in [0.2, 0.25) is 9.84 Å². The Balaban J connectivity index is 2.00. The standard InChI is InChI=1S/C21H19ClN2O3S2/c1-14-4-2-3-5-19(14)29(26,27)20-16-12-15(22)6-7-18(16)23-13-17(20)21(25)24-8-10-28-11-9-24/h2-7,12-13H,8-11H2,1H3. The summed E-state index contributed by atoms with van der Waals surface area (Å²) in [6, 6.07) is 11.7. The van der Waals surface area contributed by atoms with E-state index in [1.54, 1.807) is 66.1 Å². The molecule has 2 aromatic carbocycles. The van der Waals surface area contributed by atoms with Gasteiger partial charge in [-0.15, -0.1) is 0 Å². The number of carbonyl (C=O) groups excluding carboxylic acids is 1. The summed E-state index contributed by atoms with van der Waals surface area (Å²) < 4.78 is 27.5. The molecule has 0 saturated carbocycles. The molecule has 1 aromatic heterocycles. The predicted octanol–water partition coefficient (Wildman–Crippen LogP) is 4.22. The average molecular weight is 447 g/mol. The third kappa shape index (κ3) is 3.74. The number of sulfone groups is 1. The molecule has 8 heteroatoms. The quantitative estimate of drug-likeness (QED) is 0.602. The smallest absolute Gasteiger partial charge is 0.256 e. The minimum absolute atomic E-state index is 0.0254. The second kappa shape index (κ2) is 7.97. The summed E-state index contributed by atoms with van der Waals surface area (Å²) in [4.78, 5) is 19.5. The van der Waals surface area contributed by atoms with E-state index in [2.05, 4.69) is 4.98 Å². The Kier molecular flexibility index (Phi) is 5.55. The van der Waals surface area contributed by atoms with E-state index in [9.17, 15) is 13.2 Å². The number of nitrogens with zero attached hydrogens (tertiary/aromatic N) is 2. The Bertz CT molecular complexity index is 1210. The molecular formula is C21H19ClN2O3S2. The van der Waals surface area contributed by atoms with Gasteiger partial charge in [0.15, 0.2) is 0 Å². The lowest BCUT2D eigenvalue weighted by atomic mass is 10.1. The van der Waals surface area contributed by atoms with Gasteiger partial charge in [0, 0.05) is 41.2 Å². The lowest BCUT2D eigenvalue weighted by Gasteiger charge is -2.27. The van der Waals surface area contributed by atoms with Gasteiger partial charge in [-0.05, 0) is 36.8 Å². The van der Waals surface area contributed by atoms with Crippen LogP contribution in [0.25, 0.3) is 10.9 Å². The largest absolute Gasteiger partial charge is 0.337 e. The van der Waals surface area contributed by atoms with Crippen molar-refractivity contribution in [2.45, 2.75) is 16.7 Å². The lowest BCUT2D eigenvalue weighted by molar-refractivity contribution is 0.0768. The number of halogens is 1. The maximum atomic E-state index is 13.7. The number of hydrogen-bond acceptors (Lipinski definition) is 5. The maximum absolute atomic E-state index is 13.7. The number of fused-ring (bicyclic) bond motifs is 1. The number of pyridine rings is 1. The normalized spacial score (nSPS) is 14.9. The number of aryl methyl sites for hydroxylation is 1. The highest BCUT2D eigenvalue weighted by Crippen LogP contribution is 2.34. The third-order valence-corrected chi connectivity index (χ3v) is 8.15. The van der Waals surface area contributed by atoms with Crippen LogP contribution in [0.1, 0.15) is 15.9 Å². The van der Waals surface area contributed by atoms with Crippen LogP contribution in [0.15, 0.2) is 58.5 Å². The Hall–Kier alpha value is -2.09. The minimum Gasteiger partial charge on any atom is -0.337 e. The Morgan fingerprint density at radius 1 is 1.14 bits per heavy atom. The summed E-state index contributed by atoms with van der Waals surface area (Å²) in [5.41, 5.74) is 1.19. The number of thioether (sulfide) groups is 1. The molecule has 29 heavy (non-hydrogen) atoms. The van der Waals surface area contributed by atoms with Crippen molar-refractivity contribution in [2.75, 3.05) is 24.6 Å². The van der Waals surface area contributed by atoms with Crippen LogP contribution >= 0.6 is 23.4 Å². The molecular weight excluding hydrogens is 428 g/mol. The zero-order valence-electron chi connectivity index (χ0n) is 15.8. The van der Waals surface area contributed by atoms with Crippen LogP contribution in [-0.2, 0) is 9.84 Å². The summed E-state index contributed by atoms with van der Waals surface area (Å²) >= 11 is 7.96. The van der Waals surface area contributed by atoms with Crippen molar-refractivity contribution >= 4 is 50.0 Å². The van der Waals surface area contributed by atoms with Crippen LogP contribution in [0, 0.1) is 6.92 Å². The van der Waals surface area contributed by atoms with Crippen molar-refractivity contribution in [3.8, 4) is 0 Å². The maximum Gasteiger partial charge on any atom is 0.256 e. The number of amides is 1. The molecule has 3 aromatic rings. The second-order valence-corrected chi connectivity index (χ2v) is 10.4. The van der Waals surface area contributed by atoms with Gasteiger partial charge in [-0.1, -0.05) is 29.8 Å². The average Bonchev–Trinajstić information content (AvgIpc) is 2.73. The van der Waals surface area contributed by atoms with Gasteiger partial charge in [0.1, 0.15) is 0 Å². The highest BCUT2D eigenvalue weighted by atomic mass is 35.5. The van der Waals surface area contributed by atoms with Crippen molar-refractivity contribution < 1.29 is 13.2 Å². The molecule has 0 N–H and O–H groups in total. The first-order valence-electron chi connectivity index (χ1n) is 9.15. The molecule has 150 valence electrons. The first-order chi connectivity index (χ1) is 13.9. The van der Waals surface area contributed by atoms with Gasteiger partial charge < -0.3 is 4.90 Å². The minimum atomic E-state index is -3.98. The Labute approximate surface area is 179 Å². The molecule has 5 nitrogen and oxygen atoms in total. The lowest BCUT2D eigenvalue weighted by Crippen LogP contribution is -2.38. The van der Waals surface area contributed by atoms with E-state index in [4.69, 9.17) is 11.6 Å². The van der Waals surface area contributed by atoms with Crippen LogP contribution in [0.5, 0.6) is 0 Å². The molecule has 0 spiro atoms. The van der Waals surface area contributed by atoms with E-state index in [0.717, 1.165) is 11.5 Å². The fourth-order valence-corrected chi connectivity index (χ4v) is 6.41. The SMILES string of the molecule is Cc1ccccc1S(=O)(=O)c1c(C(=O)N2CCSCC2)cnc2ccc(Cl)cc12. The zero-order chi connectivity index (χ0) is 20.6. The van der Waals surface area contributed by atoms with E-state index in [1.807, 2.05) is 0 Å². The number of carbonyl (C=O) groups is 1. The first-order valence-corrected chi connectivity index (χ1v) is 12.2. The molecule has 0 aliphatic carbocycles. The van der Waals surface area contributed by atoms with Gasteiger partial charge in [-0.3, -0.25) is 9.78 Å². The molecule has 0 unspecified atom stereocenters. The van der Waals surface area contributed by atoms with Crippen molar-refractivity contribution in [2.24, 2.45) is 0 Å². The number of aromatic nitrogens is 1. The molecule has 1 aliphatic rings. The van der Waals surface area contributed by atoms with E-state index in [-0.39, 0.29) is 21.3 Å². The highest BCUT2D eigenvalue weighted by molar-refractivity contribution is 7.99. The summed E-state index contributed by atoms with van der Waals surface area (Å²) in [5, 5.41) is 0.748. The summed E-state index contributed by atoms with van der Waals surface area (Å²) in [6.07, 6.45) is 1.38. The molecule has 1 fully saturated rings. The van der Waals surface area contributed by atoms with Crippen LogP contribution < -0.4 is 0 Å². The number of benzene rings is 2. The first kappa shape index (κ1) is 20.2. The molecule has 4 rings (SSSR count).